The molecule has 0 bridgehead atoms. The van der Waals surface area contributed by atoms with Crippen LogP contribution in [0, 0.1) is 0 Å². The number of hydrogen-bond donors (Lipinski definition) is 1. The van der Waals surface area contributed by atoms with Crippen molar-refractivity contribution in [1.29, 1.82) is 0 Å². The lowest BCUT2D eigenvalue weighted by Gasteiger charge is -2.19. The Morgan fingerprint density at radius 2 is 2.00 bits per heavy atom. The highest BCUT2D eigenvalue weighted by molar-refractivity contribution is 5.25. The summed E-state index contributed by atoms with van der Waals surface area (Å²) >= 11 is 0. The van der Waals surface area contributed by atoms with Crippen LogP contribution in [0.2, 0.25) is 0 Å². The number of benzene rings is 1. The molecule has 0 saturated heterocycles. The molecule has 0 aromatic heterocycles. The summed E-state index contributed by atoms with van der Waals surface area (Å²) in [7, 11) is 0. The highest BCUT2D eigenvalue weighted by Gasteiger charge is 2.30. The van der Waals surface area contributed by atoms with Crippen molar-refractivity contribution in [3.8, 4) is 0 Å². The van der Waals surface area contributed by atoms with Crippen LogP contribution in [0.3, 0.4) is 0 Å². The zero-order valence-electron chi connectivity index (χ0n) is 9.67. The second-order valence-corrected chi connectivity index (χ2v) is 3.79. The van der Waals surface area contributed by atoms with Gasteiger partial charge < -0.3 is 5.11 Å². The molecule has 0 aliphatic heterocycles. The van der Waals surface area contributed by atoms with Crippen LogP contribution in [-0.4, -0.2) is 29.7 Å². The van der Waals surface area contributed by atoms with Crippen LogP contribution < -0.4 is 0 Å². The molecule has 1 rings (SSSR count). The van der Waals surface area contributed by atoms with Crippen molar-refractivity contribution in [1.82, 2.24) is 4.90 Å². The van der Waals surface area contributed by atoms with Crippen molar-refractivity contribution in [2.45, 2.75) is 19.6 Å². The van der Waals surface area contributed by atoms with E-state index in [-0.39, 0.29) is 6.61 Å². The minimum Gasteiger partial charge on any atom is -0.395 e. The topological polar surface area (TPSA) is 23.5 Å². The van der Waals surface area contributed by atoms with Crippen molar-refractivity contribution < 1.29 is 18.3 Å². The van der Waals surface area contributed by atoms with Crippen LogP contribution in [0.4, 0.5) is 13.2 Å². The van der Waals surface area contributed by atoms with Gasteiger partial charge in [0.05, 0.1) is 12.2 Å². The minimum absolute atomic E-state index is 0.00675. The van der Waals surface area contributed by atoms with Crippen molar-refractivity contribution >= 4 is 0 Å². The van der Waals surface area contributed by atoms with Gasteiger partial charge in [0.1, 0.15) is 0 Å². The Morgan fingerprint density at radius 1 is 1.29 bits per heavy atom. The maximum absolute atomic E-state index is 12.5. The number of nitrogens with zero attached hydrogens (tertiary/aromatic N) is 1. The van der Waals surface area contributed by atoms with Crippen LogP contribution in [0.5, 0.6) is 0 Å². The molecular weight excluding hydrogens is 231 g/mol. The first-order valence-corrected chi connectivity index (χ1v) is 5.46. The molecule has 0 atom stereocenters. The van der Waals surface area contributed by atoms with E-state index in [0.29, 0.717) is 25.2 Å². The normalized spacial score (nSPS) is 12.1. The van der Waals surface area contributed by atoms with E-state index in [1.54, 1.807) is 6.07 Å². The fraction of sp³-hybridized carbons (Fsp3) is 0.500. The third-order valence-corrected chi connectivity index (χ3v) is 2.52. The van der Waals surface area contributed by atoms with Gasteiger partial charge in [-0.05, 0) is 18.2 Å². The van der Waals surface area contributed by atoms with Crippen LogP contribution in [0.15, 0.2) is 24.3 Å². The van der Waals surface area contributed by atoms with Crippen LogP contribution in [-0.2, 0) is 12.7 Å². The summed E-state index contributed by atoms with van der Waals surface area (Å²) in [6.45, 7) is 3.49. The number of likely N-dealkylation sites (N-methyl/N-ethyl adjacent to an activating group) is 1. The average molecular weight is 247 g/mol. The van der Waals surface area contributed by atoms with E-state index in [2.05, 4.69) is 0 Å². The summed E-state index contributed by atoms with van der Waals surface area (Å²) < 4.78 is 37.4. The lowest BCUT2D eigenvalue weighted by atomic mass is 10.1. The maximum Gasteiger partial charge on any atom is 0.416 e. The molecule has 0 heterocycles. The molecule has 0 unspecified atom stereocenters. The largest absolute Gasteiger partial charge is 0.416 e. The standard InChI is InChI=1S/C12H16F3NO/c1-2-16(6-7-17)9-10-4-3-5-11(8-10)12(13,14)15/h3-5,8,17H,2,6-7,9H2,1H3. The first kappa shape index (κ1) is 14.0. The van der Waals surface area contributed by atoms with E-state index in [1.807, 2.05) is 11.8 Å². The van der Waals surface area contributed by atoms with Gasteiger partial charge in [-0.2, -0.15) is 13.2 Å². The second kappa shape index (κ2) is 6.02. The second-order valence-electron chi connectivity index (χ2n) is 3.79. The van der Waals surface area contributed by atoms with Crippen LogP contribution >= 0.6 is 0 Å². The number of aliphatic hydroxyl groups excluding tert-OH is 1. The summed E-state index contributed by atoms with van der Waals surface area (Å²) in [4.78, 5) is 1.88. The third-order valence-electron chi connectivity index (χ3n) is 2.52. The summed E-state index contributed by atoms with van der Waals surface area (Å²) in [5.41, 5.74) is -0.0230. The lowest BCUT2D eigenvalue weighted by molar-refractivity contribution is -0.137. The molecular formula is C12H16F3NO. The smallest absolute Gasteiger partial charge is 0.395 e. The number of halogens is 3. The first-order chi connectivity index (χ1) is 7.97. The van der Waals surface area contributed by atoms with Gasteiger partial charge in [0.2, 0.25) is 0 Å². The Bertz CT molecular complexity index is 352. The third kappa shape index (κ3) is 4.36. The minimum atomic E-state index is -4.30. The molecule has 96 valence electrons. The molecule has 0 aliphatic rings. The average Bonchev–Trinajstić information content (AvgIpc) is 2.28. The predicted octanol–water partition coefficient (Wildman–Crippen LogP) is 2.52. The molecule has 1 aromatic rings. The van der Waals surface area contributed by atoms with E-state index in [9.17, 15) is 13.2 Å². The molecule has 0 aliphatic carbocycles. The number of hydrogen-bond acceptors (Lipinski definition) is 2. The van der Waals surface area contributed by atoms with Gasteiger partial charge in [-0.3, -0.25) is 4.90 Å². The SMILES string of the molecule is CCN(CCO)Cc1cccc(C(F)(F)F)c1. The van der Waals surface area contributed by atoms with Crippen LogP contribution in [0.1, 0.15) is 18.1 Å². The van der Waals surface area contributed by atoms with Gasteiger partial charge in [0, 0.05) is 13.1 Å². The van der Waals surface area contributed by atoms with E-state index in [4.69, 9.17) is 5.11 Å². The van der Waals surface area contributed by atoms with Crippen molar-refractivity contribution in [3.05, 3.63) is 35.4 Å². The molecule has 0 fully saturated rings. The molecule has 0 amide bonds. The number of alkyl halides is 3. The predicted molar refractivity (Wildman–Crippen MR) is 59.5 cm³/mol. The molecule has 1 N–H and O–H groups in total. The number of aliphatic hydroxyl groups is 1. The Labute approximate surface area is 98.7 Å². The highest BCUT2D eigenvalue weighted by atomic mass is 19.4. The molecule has 2 nitrogen and oxygen atoms in total. The summed E-state index contributed by atoms with van der Waals surface area (Å²) in [6, 6.07) is 5.28. The quantitative estimate of drug-likeness (QED) is 0.864. The van der Waals surface area contributed by atoms with E-state index < -0.39 is 11.7 Å². The van der Waals surface area contributed by atoms with Gasteiger partial charge in [0.15, 0.2) is 0 Å². The first-order valence-electron chi connectivity index (χ1n) is 5.46. The van der Waals surface area contributed by atoms with Crippen molar-refractivity contribution in [2.24, 2.45) is 0 Å². The molecule has 0 spiro atoms. The Balaban J connectivity index is 2.78. The van der Waals surface area contributed by atoms with Crippen molar-refractivity contribution in [2.75, 3.05) is 19.7 Å². The van der Waals surface area contributed by atoms with E-state index in [1.165, 1.54) is 6.07 Å². The Morgan fingerprint density at radius 3 is 2.53 bits per heavy atom. The van der Waals surface area contributed by atoms with Gasteiger partial charge in [0.25, 0.3) is 0 Å². The summed E-state index contributed by atoms with van der Waals surface area (Å²) in [5.74, 6) is 0. The Hall–Kier alpha value is -1.07. The van der Waals surface area contributed by atoms with Crippen LogP contribution in [0.25, 0.3) is 0 Å². The Kier molecular flexibility index (Phi) is 4.96. The lowest BCUT2D eigenvalue weighted by Crippen LogP contribution is -2.26. The monoisotopic (exact) mass is 247 g/mol. The van der Waals surface area contributed by atoms with Gasteiger partial charge in [-0.25, -0.2) is 0 Å². The zero-order chi connectivity index (χ0) is 12.9. The highest BCUT2D eigenvalue weighted by Crippen LogP contribution is 2.29. The summed E-state index contributed by atoms with van der Waals surface area (Å²) in [6.07, 6.45) is -4.30. The zero-order valence-corrected chi connectivity index (χ0v) is 9.67. The van der Waals surface area contributed by atoms with Crippen molar-refractivity contribution in [3.63, 3.8) is 0 Å². The fourth-order valence-corrected chi connectivity index (χ4v) is 1.59. The van der Waals surface area contributed by atoms with Gasteiger partial charge >= 0.3 is 6.18 Å². The number of rotatable bonds is 5. The molecule has 5 heteroatoms. The fourth-order valence-electron chi connectivity index (χ4n) is 1.59. The molecule has 0 saturated carbocycles. The maximum atomic E-state index is 12.5. The molecule has 17 heavy (non-hydrogen) atoms. The molecule has 1 aromatic carbocycles. The van der Waals surface area contributed by atoms with E-state index in [0.717, 1.165) is 12.1 Å². The van der Waals surface area contributed by atoms with E-state index >= 15 is 0 Å². The summed E-state index contributed by atoms with van der Waals surface area (Å²) in [5, 5.41) is 8.81. The van der Waals surface area contributed by atoms with Gasteiger partial charge in [-0.1, -0.05) is 25.1 Å². The molecule has 0 radical (unpaired) electrons. The van der Waals surface area contributed by atoms with Gasteiger partial charge in [-0.15, -0.1) is 0 Å².